The summed E-state index contributed by atoms with van der Waals surface area (Å²) in [5, 5.41) is 9.67. The van der Waals surface area contributed by atoms with Crippen LogP contribution in [0.3, 0.4) is 0 Å². The van der Waals surface area contributed by atoms with Crippen LogP contribution in [0, 0.1) is 0 Å². The summed E-state index contributed by atoms with van der Waals surface area (Å²) in [4.78, 5) is 0. The second kappa shape index (κ2) is 4.71. The second-order valence-corrected chi connectivity index (χ2v) is 4.51. The molecule has 1 aromatic rings. The molecule has 0 radical (unpaired) electrons. The standard InChI is InChI=1S/C14H18O2/c1-10(2)7-8-16-12-4-5-13-11(9-12)3-6-14(13)15/h4-5,7,9,14-15H,3,6,8H2,1-2H3/t14-/m1/s1. The molecule has 2 rings (SSSR count). The van der Waals surface area contributed by atoms with Crippen LogP contribution in [0.15, 0.2) is 29.8 Å². The molecule has 0 saturated carbocycles. The van der Waals surface area contributed by atoms with Gasteiger partial charge in [-0.05, 0) is 56.0 Å². The summed E-state index contributed by atoms with van der Waals surface area (Å²) in [5.74, 6) is 0.894. The Morgan fingerprint density at radius 1 is 1.50 bits per heavy atom. The quantitative estimate of drug-likeness (QED) is 0.790. The fourth-order valence-corrected chi connectivity index (χ4v) is 1.97. The zero-order valence-corrected chi connectivity index (χ0v) is 9.86. The molecule has 1 N–H and O–H groups in total. The van der Waals surface area contributed by atoms with Crippen molar-refractivity contribution in [2.75, 3.05) is 6.61 Å². The Labute approximate surface area is 96.6 Å². The lowest BCUT2D eigenvalue weighted by molar-refractivity contribution is 0.180. The van der Waals surface area contributed by atoms with Crippen LogP contribution in [0.25, 0.3) is 0 Å². The van der Waals surface area contributed by atoms with E-state index < -0.39 is 0 Å². The zero-order valence-electron chi connectivity index (χ0n) is 9.86. The lowest BCUT2D eigenvalue weighted by Gasteiger charge is -2.07. The van der Waals surface area contributed by atoms with E-state index in [1.807, 2.05) is 18.2 Å². The molecule has 0 aromatic heterocycles. The fraction of sp³-hybridized carbons (Fsp3) is 0.429. The third-order valence-electron chi connectivity index (χ3n) is 2.90. The van der Waals surface area contributed by atoms with E-state index in [0.717, 1.165) is 24.2 Å². The van der Waals surface area contributed by atoms with Crippen molar-refractivity contribution < 1.29 is 9.84 Å². The van der Waals surface area contributed by atoms with Crippen LogP contribution in [0.4, 0.5) is 0 Å². The second-order valence-electron chi connectivity index (χ2n) is 4.51. The first kappa shape index (κ1) is 11.2. The number of hydrogen-bond acceptors (Lipinski definition) is 2. The summed E-state index contributed by atoms with van der Waals surface area (Å²) in [6.07, 6.45) is 3.58. The van der Waals surface area contributed by atoms with Crippen molar-refractivity contribution in [3.63, 3.8) is 0 Å². The van der Waals surface area contributed by atoms with Crippen molar-refractivity contribution in [3.05, 3.63) is 41.0 Å². The maximum absolute atomic E-state index is 9.67. The van der Waals surface area contributed by atoms with Crippen molar-refractivity contribution in [3.8, 4) is 5.75 Å². The third kappa shape index (κ3) is 2.45. The fourth-order valence-electron chi connectivity index (χ4n) is 1.97. The van der Waals surface area contributed by atoms with Gasteiger partial charge in [0.2, 0.25) is 0 Å². The van der Waals surface area contributed by atoms with Crippen molar-refractivity contribution >= 4 is 0 Å². The van der Waals surface area contributed by atoms with Gasteiger partial charge in [0.1, 0.15) is 12.4 Å². The van der Waals surface area contributed by atoms with E-state index in [1.165, 1.54) is 11.1 Å². The lowest BCUT2D eigenvalue weighted by atomic mass is 10.1. The molecule has 0 saturated heterocycles. The molecule has 1 atom stereocenters. The SMILES string of the molecule is CC(C)=CCOc1ccc2c(c1)CC[C@H]2O. The molecule has 0 amide bonds. The van der Waals surface area contributed by atoms with E-state index in [1.54, 1.807) is 0 Å². The Morgan fingerprint density at radius 3 is 3.06 bits per heavy atom. The summed E-state index contributed by atoms with van der Waals surface area (Å²) in [7, 11) is 0. The van der Waals surface area contributed by atoms with Gasteiger partial charge in [-0.25, -0.2) is 0 Å². The highest BCUT2D eigenvalue weighted by Gasteiger charge is 2.20. The first-order valence-electron chi connectivity index (χ1n) is 5.74. The molecular formula is C14H18O2. The van der Waals surface area contributed by atoms with Gasteiger partial charge in [0.15, 0.2) is 0 Å². The Morgan fingerprint density at radius 2 is 2.31 bits per heavy atom. The summed E-state index contributed by atoms with van der Waals surface area (Å²) >= 11 is 0. The smallest absolute Gasteiger partial charge is 0.120 e. The summed E-state index contributed by atoms with van der Waals surface area (Å²) < 4.78 is 5.62. The lowest BCUT2D eigenvalue weighted by Crippen LogP contribution is -1.96. The van der Waals surface area contributed by atoms with Gasteiger partial charge in [-0.3, -0.25) is 0 Å². The highest BCUT2D eigenvalue weighted by molar-refractivity contribution is 5.39. The molecule has 0 fully saturated rings. The first-order chi connectivity index (χ1) is 7.66. The topological polar surface area (TPSA) is 29.5 Å². The van der Waals surface area contributed by atoms with Crippen LogP contribution >= 0.6 is 0 Å². The molecule has 0 heterocycles. The summed E-state index contributed by atoms with van der Waals surface area (Å²) in [5.41, 5.74) is 3.55. The molecule has 1 aromatic carbocycles. The molecule has 0 bridgehead atoms. The highest BCUT2D eigenvalue weighted by atomic mass is 16.5. The van der Waals surface area contributed by atoms with Gasteiger partial charge in [0.25, 0.3) is 0 Å². The van der Waals surface area contributed by atoms with Crippen LogP contribution < -0.4 is 4.74 Å². The number of benzene rings is 1. The molecule has 0 aliphatic heterocycles. The number of hydrogen-bond donors (Lipinski definition) is 1. The Balaban J connectivity index is 2.05. The maximum Gasteiger partial charge on any atom is 0.120 e. The van der Waals surface area contributed by atoms with Gasteiger partial charge in [0.05, 0.1) is 6.10 Å². The van der Waals surface area contributed by atoms with E-state index in [2.05, 4.69) is 19.9 Å². The Hall–Kier alpha value is -1.28. The number of fused-ring (bicyclic) bond motifs is 1. The minimum Gasteiger partial charge on any atom is -0.490 e. The molecule has 1 aliphatic carbocycles. The van der Waals surface area contributed by atoms with E-state index in [-0.39, 0.29) is 6.10 Å². The first-order valence-corrected chi connectivity index (χ1v) is 5.74. The number of aryl methyl sites for hydroxylation is 1. The van der Waals surface area contributed by atoms with E-state index >= 15 is 0 Å². The van der Waals surface area contributed by atoms with Gasteiger partial charge in [0, 0.05) is 0 Å². The highest BCUT2D eigenvalue weighted by Crippen LogP contribution is 2.33. The Kier molecular flexibility index (Phi) is 3.30. The van der Waals surface area contributed by atoms with Crippen molar-refractivity contribution in [2.24, 2.45) is 0 Å². The number of allylic oxidation sites excluding steroid dienone is 1. The normalized spacial score (nSPS) is 18.1. The van der Waals surface area contributed by atoms with Crippen molar-refractivity contribution in [2.45, 2.75) is 32.8 Å². The molecule has 16 heavy (non-hydrogen) atoms. The van der Waals surface area contributed by atoms with Gasteiger partial charge in [-0.2, -0.15) is 0 Å². The summed E-state index contributed by atoms with van der Waals surface area (Å²) in [6, 6.07) is 5.96. The molecule has 0 spiro atoms. The van der Waals surface area contributed by atoms with Crippen LogP contribution in [-0.4, -0.2) is 11.7 Å². The number of aliphatic hydroxyl groups excluding tert-OH is 1. The van der Waals surface area contributed by atoms with Gasteiger partial charge in [-0.1, -0.05) is 11.6 Å². The molecule has 86 valence electrons. The summed E-state index contributed by atoms with van der Waals surface area (Å²) in [6.45, 7) is 4.73. The van der Waals surface area contributed by atoms with Crippen LogP contribution in [0.1, 0.15) is 37.5 Å². The minimum absolute atomic E-state index is 0.276. The predicted octanol–water partition coefficient (Wildman–Crippen LogP) is 3.01. The van der Waals surface area contributed by atoms with E-state index in [0.29, 0.717) is 6.61 Å². The van der Waals surface area contributed by atoms with Gasteiger partial charge in [-0.15, -0.1) is 0 Å². The van der Waals surface area contributed by atoms with Crippen molar-refractivity contribution in [1.29, 1.82) is 0 Å². The average Bonchev–Trinajstić information content (AvgIpc) is 2.60. The van der Waals surface area contributed by atoms with Gasteiger partial charge < -0.3 is 9.84 Å². The number of rotatable bonds is 3. The maximum atomic E-state index is 9.67. The van der Waals surface area contributed by atoms with Crippen molar-refractivity contribution in [1.82, 2.24) is 0 Å². The monoisotopic (exact) mass is 218 g/mol. The molecular weight excluding hydrogens is 200 g/mol. The van der Waals surface area contributed by atoms with E-state index in [4.69, 9.17) is 4.74 Å². The van der Waals surface area contributed by atoms with E-state index in [9.17, 15) is 5.11 Å². The zero-order chi connectivity index (χ0) is 11.5. The number of aliphatic hydroxyl groups is 1. The average molecular weight is 218 g/mol. The van der Waals surface area contributed by atoms with Crippen LogP contribution in [0.2, 0.25) is 0 Å². The Bertz CT molecular complexity index is 403. The largest absolute Gasteiger partial charge is 0.490 e. The minimum atomic E-state index is -0.276. The molecule has 2 heteroatoms. The van der Waals surface area contributed by atoms with Crippen LogP contribution in [-0.2, 0) is 6.42 Å². The molecule has 1 aliphatic rings. The van der Waals surface area contributed by atoms with Gasteiger partial charge >= 0.3 is 0 Å². The number of ether oxygens (including phenoxy) is 1. The predicted molar refractivity (Wildman–Crippen MR) is 64.6 cm³/mol. The van der Waals surface area contributed by atoms with Crippen LogP contribution in [0.5, 0.6) is 5.75 Å². The third-order valence-corrected chi connectivity index (χ3v) is 2.90. The molecule has 2 nitrogen and oxygen atoms in total. The molecule has 0 unspecified atom stereocenters.